The Morgan fingerprint density at radius 2 is 1.93 bits per heavy atom. The molecule has 0 saturated heterocycles. The number of esters is 1. The number of fused-ring (bicyclic) bond motifs is 1. The van der Waals surface area contributed by atoms with Crippen molar-refractivity contribution in [3.05, 3.63) is 52.0 Å². The molecule has 3 aromatic rings. The number of aromatic nitrogens is 3. The molecule has 0 aliphatic carbocycles. The van der Waals surface area contributed by atoms with Crippen molar-refractivity contribution in [2.75, 3.05) is 0 Å². The lowest BCUT2D eigenvalue weighted by atomic mass is 9.97. The Hall–Kier alpha value is -3.40. The number of hydrogen-bond acceptors (Lipinski definition) is 4. The molecule has 0 saturated carbocycles. The molecule has 0 aliphatic heterocycles. The van der Waals surface area contributed by atoms with Crippen molar-refractivity contribution in [1.82, 2.24) is 14.5 Å². The summed E-state index contributed by atoms with van der Waals surface area (Å²) < 4.78 is 19.9. The number of halogens is 1. The molecule has 0 bridgehead atoms. The Morgan fingerprint density at radius 1 is 1.30 bits per heavy atom. The minimum Gasteiger partial charge on any atom is -0.423 e. The van der Waals surface area contributed by atoms with Gasteiger partial charge in [-0.2, -0.15) is 0 Å². The van der Waals surface area contributed by atoms with E-state index in [9.17, 15) is 14.0 Å². The van der Waals surface area contributed by atoms with Crippen LogP contribution in [0.5, 0.6) is 5.75 Å². The molecule has 2 heterocycles. The van der Waals surface area contributed by atoms with E-state index in [-0.39, 0.29) is 22.6 Å². The average Bonchev–Trinajstić information content (AvgIpc) is 2.90. The molecule has 0 radical (unpaired) electrons. The monoisotopic (exact) mass is 367 g/mol. The summed E-state index contributed by atoms with van der Waals surface area (Å²) in [5, 5.41) is 0.105. The Kier molecular flexibility index (Phi) is 4.36. The highest BCUT2D eigenvalue weighted by molar-refractivity contribution is 5.89. The van der Waals surface area contributed by atoms with Crippen molar-refractivity contribution in [2.24, 2.45) is 5.41 Å². The first-order valence-electron chi connectivity index (χ1n) is 8.23. The molecular formula is C20H18FN3O3. The van der Waals surface area contributed by atoms with Crippen LogP contribution >= 0.6 is 0 Å². The van der Waals surface area contributed by atoms with Crippen LogP contribution in [-0.2, 0) is 4.79 Å². The van der Waals surface area contributed by atoms with Gasteiger partial charge >= 0.3 is 5.97 Å². The highest BCUT2D eigenvalue weighted by Gasteiger charge is 2.27. The van der Waals surface area contributed by atoms with Crippen molar-refractivity contribution in [1.29, 1.82) is 0 Å². The molecule has 0 unspecified atom stereocenters. The van der Waals surface area contributed by atoms with Crippen molar-refractivity contribution in [2.45, 2.75) is 27.7 Å². The Morgan fingerprint density at radius 3 is 2.48 bits per heavy atom. The number of carbonyl (C=O) groups is 1. The molecule has 0 aliphatic rings. The Balaban J connectivity index is 2.29. The minimum absolute atomic E-state index is 0.0501. The zero-order chi connectivity index (χ0) is 19.9. The van der Waals surface area contributed by atoms with E-state index in [1.807, 2.05) is 0 Å². The largest absolute Gasteiger partial charge is 0.423 e. The first-order valence-corrected chi connectivity index (χ1v) is 8.23. The number of H-pyrrole nitrogens is 1. The third-order valence-corrected chi connectivity index (χ3v) is 3.98. The Bertz CT molecular complexity index is 1140. The van der Waals surface area contributed by atoms with Gasteiger partial charge in [0.25, 0.3) is 5.56 Å². The van der Waals surface area contributed by atoms with Crippen LogP contribution < -0.4 is 10.3 Å². The number of aromatic amines is 1. The fraction of sp³-hybridized carbons (Fsp3) is 0.250. The molecule has 1 N–H and O–H groups in total. The number of carbonyl (C=O) groups excluding carboxylic acids is 1. The molecule has 6 nitrogen and oxygen atoms in total. The molecule has 0 amide bonds. The number of aryl methyl sites for hydroxylation is 1. The van der Waals surface area contributed by atoms with E-state index in [2.05, 4.69) is 15.9 Å². The summed E-state index contributed by atoms with van der Waals surface area (Å²) in [6, 6.07) is 5.28. The second kappa shape index (κ2) is 6.40. The molecule has 1 aromatic carbocycles. The van der Waals surface area contributed by atoms with E-state index in [1.54, 1.807) is 27.7 Å². The van der Waals surface area contributed by atoms with Crippen LogP contribution in [0.1, 0.15) is 32.3 Å². The van der Waals surface area contributed by atoms with Crippen molar-refractivity contribution < 1.29 is 13.9 Å². The van der Waals surface area contributed by atoms with Crippen LogP contribution in [-0.4, -0.2) is 20.5 Å². The summed E-state index contributed by atoms with van der Waals surface area (Å²) in [6.45, 7) is 6.81. The van der Waals surface area contributed by atoms with Crippen molar-refractivity contribution in [3.8, 4) is 23.8 Å². The van der Waals surface area contributed by atoms with Gasteiger partial charge in [-0.25, -0.2) is 9.37 Å². The van der Waals surface area contributed by atoms with Gasteiger partial charge in [0.2, 0.25) is 0 Å². The highest BCUT2D eigenvalue weighted by atomic mass is 19.1. The van der Waals surface area contributed by atoms with Crippen LogP contribution in [0.25, 0.3) is 16.7 Å². The van der Waals surface area contributed by atoms with Crippen LogP contribution in [0.4, 0.5) is 4.39 Å². The standard InChI is InChI=1S/C20H18FN3O3/c1-6-14-23-17-15(16(11(2)22-17)27-19(26)20(3,4)5)18(25)24(14)13-9-7-12(21)8-10-13/h1,7-10,22H,2-5H3. The van der Waals surface area contributed by atoms with Gasteiger partial charge in [-0.15, -0.1) is 6.42 Å². The summed E-state index contributed by atoms with van der Waals surface area (Å²) in [6.07, 6.45) is 5.51. The number of nitrogens with zero attached hydrogens (tertiary/aromatic N) is 2. The SMILES string of the molecule is C#Cc1nc2[nH]c(C)c(OC(=O)C(C)(C)C)c2c(=O)n1-c1ccc(F)cc1. The van der Waals surface area contributed by atoms with Gasteiger partial charge in [0, 0.05) is 0 Å². The van der Waals surface area contributed by atoms with E-state index in [4.69, 9.17) is 11.2 Å². The summed E-state index contributed by atoms with van der Waals surface area (Å²) in [5.74, 6) is 1.60. The highest BCUT2D eigenvalue weighted by Crippen LogP contribution is 2.29. The van der Waals surface area contributed by atoms with Gasteiger partial charge in [0.15, 0.2) is 11.6 Å². The molecule has 0 atom stereocenters. The molecule has 0 spiro atoms. The third-order valence-electron chi connectivity index (χ3n) is 3.98. The lowest BCUT2D eigenvalue weighted by Crippen LogP contribution is -2.27. The van der Waals surface area contributed by atoms with E-state index in [0.717, 1.165) is 0 Å². The van der Waals surface area contributed by atoms with Crippen LogP contribution in [0.2, 0.25) is 0 Å². The number of terminal acetylenes is 1. The number of hydrogen-bond donors (Lipinski definition) is 1. The smallest absolute Gasteiger partial charge is 0.316 e. The first-order chi connectivity index (χ1) is 12.6. The zero-order valence-corrected chi connectivity index (χ0v) is 15.4. The maximum absolute atomic E-state index is 13.3. The molecule has 0 fully saturated rings. The fourth-order valence-electron chi connectivity index (χ4n) is 2.54. The number of benzene rings is 1. The third kappa shape index (κ3) is 3.22. The molecule has 7 heteroatoms. The maximum Gasteiger partial charge on any atom is 0.316 e. The fourth-order valence-corrected chi connectivity index (χ4v) is 2.54. The topological polar surface area (TPSA) is 77.0 Å². The maximum atomic E-state index is 13.3. The van der Waals surface area contributed by atoms with Gasteiger partial charge in [-0.1, -0.05) is 0 Å². The number of rotatable bonds is 2. The summed E-state index contributed by atoms with van der Waals surface area (Å²) in [5.41, 5.74) is -0.207. The van der Waals surface area contributed by atoms with E-state index < -0.39 is 22.8 Å². The van der Waals surface area contributed by atoms with Gasteiger partial charge in [0.1, 0.15) is 16.9 Å². The second-order valence-corrected chi connectivity index (χ2v) is 7.14. The van der Waals surface area contributed by atoms with E-state index in [0.29, 0.717) is 11.4 Å². The van der Waals surface area contributed by atoms with Crippen molar-refractivity contribution >= 4 is 17.0 Å². The molecular weight excluding hydrogens is 349 g/mol. The first kappa shape index (κ1) is 18.4. The quantitative estimate of drug-likeness (QED) is 0.558. The molecule has 138 valence electrons. The normalized spacial score (nSPS) is 11.4. The van der Waals surface area contributed by atoms with E-state index >= 15 is 0 Å². The zero-order valence-electron chi connectivity index (χ0n) is 15.4. The van der Waals surface area contributed by atoms with E-state index in [1.165, 1.54) is 28.8 Å². The second-order valence-electron chi connectivity index (χ2n) is 7.14. The lowest BCUT2D eigenvalue weighted by Gasteiger charge is -2.16. The minimum atomic E-state index is -0.752. The van der Waals surface area contributed by atoms with Gasteiger partial charge in [-0.3, -0.25) is 14.2 Å². The summed E-state index contributed by atoms with van der Waals surface area (Å²) in [4.78, 5) is 32.7. The lowest BCUT2D eigenvalue weighted by molar-refractivity contribution is -0.142. The Labute approximate surface area is 155 Å². The van der Waals surface area contributed by atoms with Crippen LogP contribution in [0.15, 0.2) is 29.1 Å². The average molecular weight is 367 g/mol. The number of nitrogens with one attached hydrogen (secondary N) is 1. The van der Waals surface area contributed by atoms with Crippen LogP contribution in [0.3, 0.4) is 0 Å². The van der Waals surface area contributed by atoms with Crippen molar-refractivity contribution in [3.63, 3.8) is 0 Å². The predicted octanol–water partition coefficient (Wildman–Crippen LogP) is 3.09. The van der Waals surface area contributed by atoms with Crippen LogP contribution in [0, 0.1) is 30.5 Å². The van der Waals surface area contributed by atoms with Gasteiger partial charge < -0.3 is 9.72 Å². The molecule has 2 aromatic heterocycles. The number of ether oxygens (including phenoxy) is 1. The molecule has 3 rings (SSSR count). The summed E-state index contributed by atoms with van der Waals surface area (Å²) >= 11 is 0. The molecule has 27 heavy (non-hydrogen) atoms. The summed E-state index contributed by atoms with van der Waals surface area (Å²) in [7, 11) is 0. The predicted molar refractivity (Wildman–Crippen MR) is 99.4 cm³/mol. The van der Waals surface area contributed by atoms with Gasteiger partial charge in [0.05, 0.1) is 16.8 Å². The van der Waals surface area contributed by atoms with Gasteiger partial charge in [-0.05, 0) is 57.9 Å².